The smallest absolute Gasteiger partial charge is 0.244 e. The number of likely N-dealkylation sites (N-methyl/N-ethyl adjacent to an activating group) is 1. The molecule has 0 N–H and O–H groups in total. The quantitative estimate of drug-likeness (QED) is 0.845. The highest BCUT2D eigenvalue weighted by atomic mass is 16.2. The molecule has 0 radical (unpaired) electrons. The molecule has 1 aromatic carbocycles. The maximum atomic E-state index is 12.6. The average Bonchev–Trinajstić information content (AvgIpc) is 2.56. The van der Waals surface area contributed by atoms with Gasteiger partial charge in [0, 0.05) is 13.1 Å². The number of nitriles is 1. The van der Waals surface area contributed by atoms with Crippen LogP contribution in [0.1, 0.15) is 50.5 Å². The minimum absolute atomic E-state index is 0.0661. The Bertz CT molecular complexity index is 498. The summed E-state index contributed by atoms with van der Waals surface area (Å²) >= 11 is 0. The van der Waals surface area contributed by atoms with E-state index in [4.69, 9.17) is 0 Å². The fourth-order valence-electron chi connectivity index (χ4n) is 3.24. The predicted molar refractivity (Wildman–Crippen MR) is 83.6 cm³/mol. The summed E-state index contributed by atoms with van der Waals surface area (Å²) in [5, 5.41) is 9.38. The third-order valence-corrected chi connectivity index (χ3v) is 4.80. The Morgan fingerprint density at radius 2 is 1.90 bits per heavy atom. The molecule has 21 heavy (non-hydrogen) atoms. The van der Waals surface area contributed by atoms with E-state index in [0.29, 0.717) is 6.04 Å². The van der Waals surface area contributed by atoms with Gasteiger partial charge in [-0.1, -0.05) is 43.7 Å². The molecule has 1 amide bonds. The van der Waals surface area contributed by atoms with E-state index < -0.39 is 5.92 Å². The predicted octanol–water partition coefficient (Wildman–Crippen LogP) is 3.72. The van der Waals surface area contributed by atoms with Gasteiger partial charge in [-0.15, -0.1) is 0 Å². The normalized spacial score (nSPS) is 23.1. The van der Waals surface area contributed by atoms with E-state index in [9.17, 15) is 10.1 Å². The minimum atomic E-state index is -0.680. The summed E-state index contributed by atoms with van der Waals surface area (Å²) in [6.07, 6.45) is 5.75. The van der Waals surface area contributed by atoms with Crippen molar-refractivity contribution in [1.82, 2.24) is 4.90 Å². The molecule has 1 saturated carbocycles. The number of carbonyl (C=O) groups excluding carboxylic acids is 1. The van der Waals surface area contributed by atoms with Crippen LogP contribution in [-0.4, -0.2) is 23.9 Å². The molecule has 3 nitrogen and oxygen atoms in total. The molecule has 0 aromatic heterocycles. The zero-order chi connectivity index (χ0) is 15.2. The standard InChI is InChI=1S/C18H24N2O/c1-3-14-9-11-16(12-10-14)20(2)18(21)17(13-19)15-7-5-4-6-8-15/h4-8,14,16-17H,3,9-12H2,1-2H3. The molecule has 1 unspecified atom stereocenters. The van der Waals surface area contributed by atoms with Crippen molar-refractivity contribution in [1.29, 1.82) is 5.26 Å². The Morgan fingerprint density at radius 1 is 1.29 bits per heavy atom. The Kier molecular flexibility index (Phi) is 5.38. The molecule has 1 aliphatic rings. The summed E-state index contributed by atoms with van der Waals surface area (Å²) < 4.78 is 0. The van der Waals surface area contributed by atoms with Gasteiger partial charge < -0.3 is 4.90 Å². The van der Waals surface area contributed by atoms with E-state index in [1.807, 2.05) is 42.3 Å². The zero-order valence-corrected chi connectivity index (χ0v) is 13.0. The second-order valence-electron chi connectivity index (χ2n) is 6.00. The lowest BCUT2D eigenvalue weighted by molar-refractivity contribution is -0.133. The molecule has 112 valence electrons. The van der Waals surface area contributed by atoms with E-state index in [1.165, 1.54) is 19.3 Å². The van der Waals surface area contributed by atoms with Crippen LogP contribution >= 0.6 is 0 Å². The van der Waals surface area contributed by atoms with Gasteiger partial charge in [-0.2, -0.15) is 5.26 Å². The van der Waals surface area contributed by atoms with E-state index >= 15 is 0 Å². The fourth-order valence-corrected chi connectivity index (χ4v) is 3.24. The molecular formula is C18H24N2O. The minimum Gasteiger partial charge on any atom is -0.341 e. The highest BCUT2D eigenvalue weighted by Crippen LogP contribution is 2.30. The molecule has 1 aromatic rings. The Labute approximate surface area is 127 Å². The number of carbonyl (C=O) groups is 1. The van der Waals surface area contributed by atoms with Crippen molar-refractivity contribution in [3.63, 3.8) is 0 Å². The van der Waals surface area contributed by atoms with Crippen molar-refractivity contribution >= 4 is 5.91 Å². The summed E-state index contributed by atoms with van der Waals surface area (Å²) in [7, 11) is 1.85. The summed E-state index contributed by atoms with van der Waals surface area (Å²) in [5.74, 6) is 0.0642. The summed E-state index contributed by atoms with van der Waals surface area (Å²) in [6.45, 7) is 2.24. The molecule has 0 saturated heterocycles. The molecular weight excluding hydrogens is 260 g/mol. The molecule has 0 bridgehead atoms. The van der Waals surface area contributed by atoms with E-state index in [1.54, 1.807) is 0 Å². The number of hydrogen-bond acceptors (Lipinski definition) is 2. The molecule has 3 heteroatoms. The molecule has 0 spiro atoms. The van der Waals surface area contributed by atoms with Crippen LogP contribution in [0.25, 0.3) is 0 Å². The van der Waals surface area contributed by atoms with Crippen LogP contribution < -0.4 is 0 Å². The molecule has 0 aliphatic heterocycles. The third-order valence-electron chi connectivity index (χ3n) is 4.80. The first kappa shape index (κ1) is 15.6. The first-order chi connectivity index (χ1) is 10.2. The van der Waals surface area contributed by atoms with Crippen LogP contribution in [0.15, 0.2) is 30.3 Å². The molecule has 1 aliphatic carbocycles. The topological polar surface area (TPSA) is 44.1 Å². The van der Waals surface area contributed by atoms with Crippen LogP contribution in [0, 0.1) is 17.2 Å². The van der Waals surface area contributed by atoms with E-state index in [2.05, 4.69) is 13.0 Å². The molecule has 1 fully saturated rings. The second kappa shape index (κ2) is 7.26. The lowest BCUT2D eigenvalue weighted by Crippen LogP contribution is -2.41. The number of benzene rings is 1. The number of nitrogens with zero attached hydrogens (tertiary/aromatic N) is 2. The van der Waals surface area contributed by atoms with Gasteiger partial charge in [0.15, 0.2) is 0 Å². The van der Waals surface area contributed by atoms with Crippen molar-refractivity contribution in [2.45, 2.75) is 51.0 Å². The SMILES string of the molecule is CCC1CCC(N(C)C(=O)C(C#N)c2ccccc2)CC1. The van der Waals surface area contributed by atoms with E-state index in [0.717, 1.165) is 24.3 Å². The first-order valence-corrected chi connectivity index (χ1v) is 7.88. The lowest BCUT2D eigenvalue weighted by Gasteiger charge is -2.35. The maximum absolute atomic E-state index is 12.6. The van der Waals surface area contributed by atoms with Gasteiger partial charge in [0.2, 0.25) is 5.91 Å². The Hall–Kier alpha value is -1.82. The highest BCUT2D eigenvalue weighted by molar-refractivity contribution is 5.86. The molecule has 2 rings (SSSR count). The van der Waals surface area contributed by atoms with Crippen molar-refractivity contribution in [3.8, 4) is 6.07 Å². The van der Waals surface area contributed by atoms with Gasteiger partial charge >= 0.3 is 0 Å². The summed E-state index contributed by atoms with van der Waals surface area (Å²) in [6, 6.07) is 11.8. The van der Waals surface area contributed by atoms with Crippen LogP contribution in [0.3, 0.4) is 0 Å². The van der Waals surface area contributed by atoms with Gasteiger partial charge in [-0.05, 0) is 37.2 Å². The lowest BCUT2D eigenvalue weighted by atomic mass is 9.83. The van der Waals surface area contributed by atoms with Crippen molar-refractivity contribution < 1.29 is 4.79 Å². The number of amides is 1. The first-order valence-electron chi connectivity index (χ1n) is 7.88. The summed E-state index contributed by atoms with van der Waals surface area (Å²) in [5.41, 5.74) is 0.791. The van der Waals surface area contributed by atoms with Crippen LogP contribution in [0.4, 0.5) is 0 Å². The van der Waals surface area contributed by atoms with Crippen molar-refractivity contribution in [3.05, 3.63) is 35.9 Å². The van der Waals surface area contributed by atoms with Gasteiger partial charge in [0.05, 0.1) is 6.07 Å². The Morgan fingerprint density at radius 3 is 2.43 bits per heavy atom. The van der Waals surface area contributed by atoms with Crippen LogP contribution in [0.5, 0.6) is 0 Å². The summed E-state index contributed by atoms with van der Waals surface area (Å²) in [4.78, 5) is 14.4. The Balaban J connectivity index is 2.03. The second-order valence-corrected chi connectivity index (χ2v) is 6.00. The van der Waals surface area contributed by atoms with Gasteiger partial charge in [-0.25, -0.2) is 0 Å². The van der Waals surface area contributed by atoms with Gasteiger partial charge in [0.1, 0.15) is 5.92 Å². The van der Waals surface area contributed by atoms with Crippen molar-refractivity contribution in [2.75, 3.05) is 7.05 Å². The highest BCUT2D eigenvalue weighted by Gasteiger charge is 2.30. The average molecular weight is 284 g/mol. The van der Waals surface area contributed by atoms with Gasteiger partial charge in [-0.3, -0.25) is 4.79 Å². The van der Waals surface area contributed by atoms with E-state index in [-0.39, 0.29) is 5.91 Å². The third kappa shape index (κ3) is 3.64. The fraction of sp³-hybridized carbons (Fsp3) is 0.556. The van der Waals surface area contributed by atoms with Crippen LogP contribution in [0.2, 0.25) is 0 Å². The number of rotatable bonds is 4. The monoisotopic (exact) mass is 284 g/mol. The van der Waals surface area contributed by atoms with Crippen molar-refractivity contribution in [2.24, 2.45) is 5.92 Å². The maximum Gasteiger partial charge on any atom is 0.244 e. The molecule has 1 atom stereocenters. The van der Waals surface area contributed by atoms with Gasteiger partial charge in [0.25, 0.3) is 0 Å². The van der Waals surface area contributed by atoms with Crippen LogP contribution in [-0.2, 0) is 4.79 Å². The largest absolute Gasteiger partial charge is 0.341 e. The zero-order valence-electron chi connectivity index (χ0n) is 13.0. The number of hydrogen-bond donors (Lipinski definition) is 0. The molecule has 0 heterocycles.